The van der Waals surface area contributed by atoms with Crippen LogP contribution in [0.1, 0.15) is 16.9 Å². The lowest BCUT2D eigenvalue weighted by Crippen LogP contribution is -2.24. The average molecular weight is 165 g/mol. The lowest BCUT2D eigenvalue weighted by molar-refractivity contribution is 0.0949. The van der Waals surface area contributed by atoms with Gasteiger partial charge in [-0.25, -0.2) is 0 Å². The van der Waals surface area contributed by atoms with E-state index in [0.29, 0.717) is 13.0 Å². The number of carbonyl (C=O) groups excluding carboxylic acids is 1. The Balaban J connectivity index is 2.36. The van der Waals surface area contributed by atoms with E-state index < -0.39 is 0 Å². The molecule has 2 N–H and O–H groups in total. The number of aromatic amines is 1. The summed E-state index contributed by atoms with van der Waals surface area (Å²) in [5.41, 5.74) is 0.230. The van der Waals surface area contributed by atoms with Crippen LogP contribution in [0.4, 0.5) is 0 Å². The predicted molar refractivity (Wildman–Crippen MR) is 38.9 cm³/mol. The number of aromatic nitrogens is 3. The van der Waals surface area contributed by atoms with E-state index in [9.17, 15) is 4.79 Å². The number of hydrogen-bond donors (Lipinski definition) is 2. The maximum atomic E-state index is 11.0. The summed E-state index contributed by atoms with van der Waals surface area (Å²) in [4.78, 5) is 11.0. The summed E-state index contributed by atoms with van der Waals surface area (Å²) in [5.74, 6) is -0.320. The number of H-pyrrole nitrogens is 1. The van der Waals surface area contributed by atoms with Gasteiger partial charge in [0.2, 0.25) is 0 Å². The minimum Gasteiger partial charge on any atom is -0.350 e. The predicted octanol–water partition coefficient (Wildman–Crippen LogP) is -0.552. The third kappa shape index (κ3) is 2.05. The minimum atomic E-state index is -0.320. The van der Waals surface area contributed by atoms with Crippen LogP contribution in [0.3, 0.4) is 0 Å². The highest BCUT2D eigenvalue weighted by Gasteiger charge is 2.05. The van der Waals surface area contributed by atoms with Gasteiger partial charge in [-0.15, -0.1) is 0 Å². The van der Waals surface area contributed by atoms with Crippen LogP contribution in [0.25, 0.3) is 0 Å². The molecule has 0 fully saturated rings. The number of nitrogens with zero attached hydrogens (tertiary/aromatic N) is 3. The number of carbonyl (C=O) groups is 1. The highest BCUT2D eigenvalue weighted by molar-refractivity contribution is 5.91. The zero-order valence-corrected chi connectivity index (χ0v) is 6.24. The van der Waals surface area contributed by atoms with Crippen LogP contribution in [-0.4, -0.2) is 27.9 Å². The Hall–Kier alpha value is -1.90. The van der Waals surface area contributed by atoms with Gasteiger partial charge in [0.05, 0.1) is 18.7 Å². The highest BCUT2D eigenvalue weighted by atomic mass is 16.1. The largest absolute Gasteiger partial charge is 0.350 e. The van der Waals surface area contributed by atoms with Gasteiger partial charge in [0.15, 0.2) is 5.69 Å². The summed E-state index contributed by atoms with van der Waals surface area (Å²) >= 11 is 0. The average Bonchev–Trinajstić information content (AvgIpc) is 2.56. The van der Waals surface area contributed by atoms with Crippen LogP contribution in [-0.2, 0) is 0 Å². The Bertz CT molecular complexity index is 285. The molecule has 0 unspecified atom stereocenters. The SMILES string of the molecule is N#CCCNC(=O)c1cn[nH]n1. The van der Waals surface area contributed by atoms with E-state index in [-0.39, 0.29) is 11.6 Å². The van der Waals surface area contributed by atoms with Crippen molar-refractivity contribution >= 4 is 5.91 Å². The van der Waals surface area contributed by atoms with E-state index in [2.05, 4.69) is 20.7 Å². The molecule has 6 heteroatoms. The van der Waals surface area contributed by atoms with Gasteiger partial charge < -0.3 is 5.32 Å². The molecule has 0 saturated carbocycles. The summed E-state index contributed by atoms with van der Waals surface area (Å²) < 4.78 is 0. The van der Waals surface area contributed by atoms with Gasteiger partial charge in [-0.3, -0.25) is 4.79 Å². The van der Waals surface area contributed by atoms with E-state index in [0.717, 1.165) is 0 Å². The highest BCUT2D eigenvalue weighted by Crippen LogP contribution is 1.87. The Morgan fingerprint density at radius 2 is 2.67 bits per heavy atom. The monoisotopic (exact) mass is 165 g/mol. The molecule has 1 heterocycles. The van der Waals surface area contributed by atoms with Crippen LogP contribution in [0.15, 0.2) is 6.20 Å². The molecule has 0 radical (unpaired) electrons. The van der Waals surface area contributed by atoms with Gasteiger partial charge in [-0.05, 0) is 0 Å². The molecule has 1 aromatic rings. The number of nitrogens with one attached hydrogen (secondary N) is 2. The third-order valence-corrected chi connectivity index (χ3v) is 1.17. The van der Waals surface area contributed by atoms with Crippen molar-refractivity contribution in [2.45, 2.75) is 6.42 Å². The number of hydrogen-bond acceptors (Lipinski definition) is 4. The number of amides is 1. The Labute approximate surface area is 68.6 Å². The van der Waals surface area contributed by atoms with Crippen molar-refractivity contribution in [3.8, 4) is 6.07 Å². The molecule has 12 heavy (non-hydrogen) atoms. The fraction of sp³-hybridized carbons (Fsp3) is 0.333. The molecular formula is C6H7N5O. The van der Waals surface area contributed by atoms with Crippen LogP contribution in [0.5, 0.6) is 0 Å². The van der Waals surface area contributed by atoms with Crippen molar-refractivity contribution in [1.29, 1.82) is 5.26 Å². The van der Waals surface area contributed by atoms with Crippen LogP contribution in [0.2, 0.25) is 0 Å². The Kier molecular flexibility index (Phi) is 2.79. The molecule has 1 rings (SSSR count). The van der Waals surface area contributed by atoms with Gasteiger partial charge in [-0.1, -0.05) is 0 Å². The van der Waals surface area contributed by atoms with Gasteiger partial charge in [0.25, 0.3) is 5.91 Å². The van der Waals surface area contributed by atoms with E-state index in [1.54, 1.807) is 0 Å². The molecule has 6 nitrogen and oxygen atoms in total. The molecular weight excluding hydrogens is 158 g/mol. The summed E-state index contributed by atoms with van der Waals surface area (Å²) in [6, 6.07) is 1.91. The molecule has 1 amide bonds. The lowest BCUT2D eigenvalue weighted by atomic mass is 10.4. The first kappa shape index (κ1) is 8.20. The standard InChI is InChI=1S/C6H7N5O/c7-2-1-3-8-6(12)5-4-9-11-10-5/h4H,1,3H2,(H,8,12)(H,9,10,11). The molecule has 0 aliphatic heterocycles. The molecule has 0 saturated heterocycles. The first-order valence-corrected chi connectivity index (χ1v) is 3.35. The van der Waals surface area contributed by atoms with E-state index >= 15 is 0 Å². The minimum absolute atomic E-state index is 0.230. The second-order valence-corrected chi connectivity index (χ2v) is 2.02. The fourth-order valence-corrected chi connectivity index (χ4v) is 0.634. The van der Waals surface area contributed by atoms with Crippen LogP contribution >= 0.6 is 0 Å². The maximum Gasteiger partial charge on any atom is 0.273 e. The molecule has 62 valence electrons. The van der Waals surface area contributed by atoms with Crippen LogP contribution in [0, 0.1) is 11.3 Å². The summed E-state index contributed by atoms with van der Waals surface area (Å²) in [6.45, 7) is 0.336. The normalized spacial score (nSPS) is 8.92. The quantitative estimate of drug-likeness (QED) is 0.587. The van der Waals surface area contributed by atoms with Crippen molar-refractivity contribution in [2.24, 2.45) is 0 Å². The first-order chi connectivity index (χ1) is 5.84. The second kappa shape index (κ2) is 4.08. The topological polar surface area (TPSA) is 94.5 Å². The molecule has 0 bridgehead atoms. The zero-order chi connectivity index (χ0) is 8.81. The fourth-order valence-electron chi connectivity index (χ4n) is 0.634. The number of rotatable bonds is 3. The summed E-state index contributed by atoms with van der Waals surface area (Å²) in [5, 5.41) is 20.0. The zero-order valence-electron chi connectivity index (χ0n) is 6.24. The smallest absolute Gasteiger partial charge is 0.273 e. The van der Waals surface area contributed by atoms with Crippen molar-refractivity contribution in [2.75, 3.05) is 6.54 Å². The Morgan fingerprint density at radius 1 is 1.83 bits per heavy atom. The second-order valence-electron chi connectivity index (χ2n) is 2.02. The molecule has 0 atom stereocenters. The molecule has 0 spiro atoms. The molecule has 0 aromatic carbocycles. The van der Waals surface area contributed by atoms with Crippen LogP contribution < -0.4 is 5.32 Å². The van der Waals surface area contributed by atoms with Crippen molar-refractivity contribution in [3.63, 3.8) is 0 Å². The molecule has 0 aliphatic carbocycles. The van der Waals surface area contributed by atoms with Crippen molar-refractivity contribution in [1.82, 2.24) is 20.7 Å². The molecule has 1 aromatic heterocycles. The first-order valence-electron chi connectivity index (χ1n) is 3.35. The Morgan fingerprint density at radius 3 is 3.25 bits per heavy atom. The maximum absolute atomic E-state index is 11.0. The lowest BCUT2D eigenvalue weighted by Gasteiger charge is -1.96. The third-order valence-electron chi connectivity index (χ3n) is 1.17. The van der Waals surface area contributed by atoms with Gasteiger partial charge in [0.1, 0.15) is 0 Å². The van der Waals surface area contributed by atoms with Gasteiger partial charge in [-0.2, -0.15) is 20.7 Å². The summed E-state index contributed by atoms with van der Waals surface area (Å²) in [6.07, 6.45) is 1.62. The molecule has 0 aliphatic rings. The van der Waals surface area contributed by atoms with E-state index in [1.165, 1.54) is 6.20 Å². The van der Waals surface area contributed by atoms with Gasteiger partial charge >= 0.3 is 0 Å². The summed E-state index contributed by atoms with van der Waals surface area (Å²) in [7, 11) is 0. The van der Waals surface area contributed by atoms with Crippen molar-refractivity contribution in [3.05, 3.63) is 11.9 Å². The number of nitriles is 1. The van der Waals surface area contributed by atoms with E-state index in [4.69, 9.17) is 5.26 Å². The van der Waals surface area contributed by atoms with Gasteiger partial charge in [0, 0.05) is 6.54 Å². The van der Waals surface area contributed by atoms with Crippen molar-refractivity contribution < 1.29 is 4.79 Å². The van der Waals surface area contributed by atoms with E-state index in [1.807, 2.05) is 6.07 Å².